The first-order chi connectivity index (χ1) is 12.6. The van der Waals surface area contributed by atoms with Crippen LogP contribution in [-0.2, 0) is 22.4 Å². The molecule has 2 unspecified atom stereocenters. The number of nitrogens with one attached hydrogen (secondary N) is 1. The van der Waals surface area contributed by atoms with E-state index < -0.39 is 0 Å². The highest BCUT2D eigenvalue weighted by Gasteiger charge is 2.23. The average Bonchev–Trinajstić information content (AvgIpc) is 2.99. The summed E-state index contributed by atoms with van der Waals surface area (Å²) in [5.41, 5.74) is 1.11. The van der Waals surface area contributed by atoms with Gasteiger partial charge in [-0.1, -0.05) is 25.1 Å². The molecule has 2 aromatic rings. The van der Waals surface area contributed by atoms with Gasteiger partial charge < -0.3 is 9.72 Å². The monoisotopic (exact) mass is 392 g/mol. The van der Waals surface area contributed by atoms with Gasteiger partial charge in [-0.05, 0) is 56.4 Å². The number of esters is 1. The molecule has 1 N–H and O–H groups in total. The van der Waals surface area contributed by atoms with Crippen molar-refractivity contribution in [1.29, 1.82) is 0 Å². The van der Waals surface area contributed by atoms with E-state index in [0.717, 1.165) is 48.7 Å². The molecule has 0 spiro atoms. The Kier molecular flexibility index (Phi) is 5.36. The molecule has 2 atom stereocenters. The SMILES string of the molecule is CC1CCCC(OC(=O)CSc2nc3sc4c(c3c(=O)[nH]2)CCCC4)C1. The Morgan fingerprint density at radius 2 is 2.15 bits per heavy atom. The number of rotatable bonds is 4. The first-order valence-electron chi connectivity index (χ1n) is 9.47. The van der Waals surface area contributed by atoms with Gasteiger partial charge in [-0.3, -0.25) is 9.59 Å². The van der Waals surface area contributed by atoms with Crippen LogP contribution in [0.25, 0.3) is 10.2 Å². The number of thiophene rings is 1. The largest absolute Gasteiger partial charge is 0.462 e. The lowest BCUT2D eigenvalue weighted by Crippen LogP contribution is -2.25. The van der Waals surface area contributed by atoms with Crippen LogP contribution in [0.3, 0.4) is 0 Å². The molecule has 1 saturated carbocycles. The minimum atomic E-state index is -0.220. The van der Waals surface area contributed by atoms with Crippen molar-refractivity contribution in [2.24, 2.45) is 5.92 Å². The van der Waals surface area contributed by atoms with Crippen LogP contribution >= 0.6 is 23.1 Å². The normalized spacial score (nSPS) is 23.0. The Morgan fingerprint density at radius 1 is 1.31 bits per heavy atom. The van der Waals surface area contributed by atoms with Crippen molar-refractivity contribution in [3.63, 3.8) is 0 Å². The molecule has 0 saturated heterocycles. The minimum Gasteiger partial charge on any atom is -0.462 e. The second-order valence-corrected chi connectivity index (χ2v) is 9.48. The smallest absolute Gasteiger partial charge is 0.316 e. The fourth-order valence-electron chi connectivity index (χ4n) is 4.05. The van der Waals surface area contributed by atoms with E-state index in [9.17, 15) is 9.59 Å². The molecule has 0 aliphatic heterocycles. The standard InChI is InChI=1S/C19H24N2O3S2/c1-11-5-4-6-12(9-11)24-15(22)10-25-19-20-17(23)16-13-7-2-3-8-14(13)26-18(16)21-19/h11-12H,2-10H2,1H3,(H,20,21,23). The summed E-state index contributed by atoms with van der Waals surface area (Å²) in [5, 5.41) is 1.27. The van der Waals surface area contributed by atoms with Gasteiger partial charge in [0.2, 0.25) is 0 Å². The number of aromatic amines is 1. The highest BCUT2D eigenvalue weighted by atomic mass is 32.2. The highest BCUT2D eigenvalue weighted by molar-refractivity contribution is 7.99. The molecule has 7 heteroatoms. The van der Waals surface area contributed by atoms with Crippen molar-refractivity contribution in [1.82, 2.24) is 9.97 Å². The number of ether oxygens (including phenoxy) is 1. The molecular formula is C19H24N2O3S2. The van der Waals surface area contributed by atoms with Gasteiger partial charge in [-0.2, -0.15) is 0 Å². The Hall–Kier alpha value is -1.34. The van der Waals surface area contributed by atoms with E-state index in [1.54, 1.807) is 11.3 Å². The Bertz CT molecular complexity index is 874. The van der Waals surface area contributed by atoms with Crippen LogP contribution in [0.1, 0.15) is 55.9 Å². The van der Waals surface area contributed by atoms with Crippen LogP contribution in [-0.4, -0.2) is 27.8 Å². The van der Waals surface area contributed by atoms with Gasteiger partial charge in [-0.25, -0.2) is 4.98 Å². The molecule has 140 valence electrons. The number of hydrogen-bond acceptors (Lipinski definition) is 6. The summed E-state index contributed by atoms with van der Waals surface area (Å²) in [6, 6.07) is 0. The lowest BCUT2D eigenvalue weighted by molar-refractivity contribution is -0.147. The highest BCUT2D eigenvalue weighted by Crippen LogP contribution is 2.34. The zero-order valence-electron chi connectivity index (χ0n) is 15.0. The number of thioether (sulfide) groups is 1. The molecule has 5 nitrogen and oxygen atoms in total. The number of aryl methyl sites for hydroxylation is 2. The van der Waals surface area contributed by atoms with Gasteiger partial charge in [0.05, 0.1) is 11.1 Å². The van der Waals surface area contributed by atoms with Gasteiger partial charge in [0, 0.05) is 4.88 Å². The van der Waals surface area contributed by atoms with Gasteiger partial charge in [-0.15, -0.1) is 11.3 Å². The molecule has 2 heterocycles. The molecule has 2 aromatic heterocycles. The average molecular weight is 393 g/mol. The molecule has 0 bridgehead atoms. The van der Waals surface area contributed by atoms with Crippen LogP contribution in [0.4, 0.5) is 0 Å². The fourth-order valence-corrected chi connectivity index (χ4v) is 6.01. The van der Waals surface area contributed by atoms with Crippen molar-refractivity contribution in [2.75, 3.05) is 5.75 Å². The van der Waals surface area contributed by atoms with Crippen LogP contribution < -0.4 is 5.56 Å². The molecule has 4 rings (SSSR count). The topological polar surface area (TPSA) is 72.0 Å². The van der Waals surface area contributed by atoms with Crippen LogP contribution in [0, 0.1) is 5.92 Å². The molecule has 2 aliphatic carbocycles. The molecule has 0 aromatic carbocycles. The molecular weight excluding hydrogens is 368 g/mol. The lowest BCUT2D eigenvalue weighted by Gasteiger charge is -2.26. The third-order valence-corrected chi connectivity index (χ3v) is 7.35. The number of H-pyrrole nitrogens is 1. The first kappa shape index (κ1) is 18.0. The maximum atomic E-state index is 12.5. The van der Waals surface area contributed by atoms with E-state index in [4.69, 9.17) is 4.74 Å². The number of carbonyl (C=O) groups excluding carboxylic acids is 1. The maximum Gasteiger partial charge on any atom is 0.316 e. The second-order valence-electron chi connectivity index (χ2n) is 7.43. The van der Waals surface area contributed by atoms with Gasteiger partial charge in [0.1, 0.15) is 10.9 Å². The number of nitrogens with zero attached hydrogens (tertiary/aromatic N) is 1. The van der Waals surface area contributed by atoms with Crippen molar-refractivity contribution in [3.8, 4) is 0 Å². The third kappa shape index (κ3) is 3.83. The van der Waals surface area contributed by atoms with Crippen LogP contribution in [0.15, 0.2) is 9.95 Å². The molecule has 0 radical (unpaired) electrons. The van der Waals surface area contributed by atoms with Crippen LogP contribution in [0.2, 0.25) is 0 Å². The summed E-state index contributed by atoms with van der Waals surface area (Å²) in [7, 11) is 0. The summed E-state index contributed by atoms with van der Waals surface area (Å²) < 4.78 is 5.59. The van der Waals surface area contributed by atoms with Crippen molar-refractivity contribution in [2.45, 2.75) is 69.6 Å². The predicted molar refractivity (Wildman–Crippen MR) is 105 cm³/mol. The third-order valence-electron chi connectivity index (χ3n) is 5.32. The summed E-state index contributed by atoms with van der Waals surface area (Å²) >= 11 is 2.89. The minimum absolute atomic E-state index is 0.0466. The second kappa shape index (κ2) is 7.72. The first-order valence-corrected chi connectivity index (χ1v) is 11.3. The number of fused-ring (bicyclic) bond motifs is 3. The number of hydrogen-bond donors (Lipinski definition) is 1. The summed E-state index contributed by atoms with van der Waals surface area (Å²) in [4.78, 5) is 34.2. The van der Waals surface area contributed by atoms with Gasteiger partial charge in [0.15, 0.2) is 5.16 Å². The lowest BCUT2D eigenvalue weighted by atomic mass is 9.89. The van der Waals surface area contributed by atoms with Gasteiger partial charge in [0.25, 0.3) is 5.56 Å². The fraction of sp³-hybridized carbons (Fsp3) is 0.632. The molecule has 26 heavy (non-hydrogen) atoms. The zero-order chi connectivity index (χ0) is 18.1. The maximum absolute atomic E-state index is 12.5. The van der Waals surface area contributed by atoms with Crippen LogP contribution in [0.5, 0.6) is 0 Å². The summed E-state index contributed by atoms with van der Waals surface area (Å²) in [5.74, 6) is 0.589. The van der Waals surface area contributed by atoms with E-state index in [0.29, 0.717) is 11.1 Å². The Labute approximate surface area is 160 Å². The van der Waals surface area contributed by atoms with Crippen molar-refractivity contribution >= 4 is 39.3 Å². The molecule has 0 amide bonds. The number of aromatic nitrogens is 2. The van der Waals surface area contributed by atoms with E-state index in [1.165, 1.54) is 35.0 Å². The van der Waals surface area contributed by atoms with E-state index in [1.807, 2.05) is 0 Å². The van der Waals surface area contributed by atoms with E-state index in [2.05, 4.69) is 16.9 Å². The summed E-state index contributed by atoms with van der Waals surface area (Å²) in [6.45, 7) is 2.21. The molecule has 2 aliphatic rings. The van der Waals surface area contributed by atoms with E-state index in [-0.39, 0.29) is 23.4 Å². The zero-order valence-corrected chi connectivity index (χ0v) is 16.6. The predicted octanol–water partition coefficient (Wildman–Crippen LogP) is 4.08. The molecule has 1 fully saturated rings. The quantitative estimate of drug-likeness (QED) is 0.482. The van der Waals surface area contributed by atoms with E-state index >= 15 is 0 Å². The number of carbonyl (C=O) groups is 1. The Morgan fingerprint density at radius 3 is 3.00 bits per heavy atom. The van der Waals surface area contributed by atoms with Crippen molar-refractivity contribution < 1.29 is 9.53 Å². The summed E-state index contributed by atoms with van der Waals surface area (Å²) in [6.07, 6.45) is 8.65. The van der Waals surface area contributed by atoms with Gasteiger partial charge >= 0.3 is 5.97 Å². The Balaban J connectivity index is 1.42. The van der Waals surface area contributed by atoms with Crippen molar-refractivity contribution in [3.05, 3.63) is 20.8 Å².